The molecule has 120 valence electrons. The Morgan fingerprint density at radius 2 is 1.55 bits per heavy atom. The van der Waals surface area contributed by atoms with Gasteiger partial charge in [-0.25, -0.2) is 0 Å². The smallest absolute Gasteiger partial charge is 0.00923 e. The first-order chi connectivity index (χ1) is 9.49. The zero-order valence-corrected chi connectivity index (χ0v) is 14.8. The van der Waals surface area contributed by atoms with Crippen molar-refractivity contribution in [1.29, 1.82) is 0 Å². The van der Waals surface area contributed by atoms with Crippen molar-refractivity contribution in [3.8, 4) is 0 Å². The fourth-order valence-corrected chi connectivity index (χ4v) is 3.97. The highest BCUT2D eigenvalue weighted by molar-refractivity contribution is 4.85. The van der Waals surface area contributed by atoms with Crippen molar-refractivity contribution in [3.63, 3.8) is 0 Å². The third-order valence-electron chi connectivity index (χ3n) is 5.56. The van der Waals surface area contributed by atoms with Crippen molar-refractivity contribution in [2.45, 2.75) is 97.9 Å². The van der Waals surface area contributed by atoms with Crippen LogP contribution in [-0.4, -0.2) is 13.1 Å². The van der Waals surface area contributed by atoms with Crippen molar-refractivity contribution in [2.75, 3.05) is 7.05 Å². The summed E-state index contributed by atoms with van der Waals surface area (Å²) in [5.74, 6) is 1.88. The summed E-state index contributed by atoms with van der Waals surface area (Å²) in [5, 5.41) is 3.62. The molecule has 1 atom stereocenters. The van der Waals surface area contributed by atoms with E-state index in [1.165, 1.54) is 64.2 Å². The summed E-state index contributed by atoms with van der Waals surface area (Å²) in [6.07, 6.45) is 14.2. The van der Waals surface area contributed by atoms with Gasteiger partial charge in [0.1, 0.15) is 0 Å². The van der Waals surface area contributed by atoms with Gasteiger partial charge in [0.15, 0.2) is 0 Å². The molecule has 0 radical (unpaired) electrons. The van der Waals surface area contributed by atoms with Crippen LogP contribution < -0.4 is 5.32 Å². The molecule has 1 N–H and O–H groups in total. The molecular weight excluding hydrogens is 242 g/mol. The van der Waals surface area contributed by atoms with Gasteiger partial charge in [0.2, 0.25) is 0 Å². The molecule has 1 rings (SSSR count). The fraction of sp³-hybridized carbons (Fsp3) is 1.00. The van der Waals surface area contributed by atoms with Gasteiger partial charge in [-0.2, -0.15) is 0 Å². The van der Waals surface area contributed by atoms with Crippen LogP contribution in [0.3, 0.4) is 0 Å². The van der Waals surface area contributed by atoms with Crippen LogP contribution in [0.4, 0.5) is 0 Å². The molecule has 0 spiro atoms. The van der Waals surface area contributed by atoms with E-state index in [2.05, 4.69) is 40.1 Å². The maximum Gasteiger partial charge on any atom is 0.00923 e. The fourth-order valence-electron chi connectivity index (χ4n) is 3.97. The Balaban J connectivity index is 2.26. The summed E-state index contributed by atoms with van der Waals surface area (Å²) in [4.78, 5) is 0. The molecule has 0 aromatic carbocycles. The van der Waals surface area contributed by atoms with Crippen molar-refractivity contribution in [3.05, 3.63) is 0 Å². The second-order valence-corrected chi connectivity index (χ2v) is 8.08. The Morgan fingerprint density at radius 1 is 0.950 bits per heavy atom. The minimum Gasteiger partial charge on any atom is -0.317 e. The average Bonchev–Trinajstić information content (AvgIpc) is 2.42. The van der Waals surface area contributed by atoms with Crippen LogP contribution in [0, 0.1) is 17.3 Å². The highest BCUT2D eigenvalue weighted by Crippen LogP contribution is 2.41. The minimum atomic E-state index is 0.514. The Labute approximate surface area is 128 Å². The molecule has 1 fully saturated rings. The second kappa shape index (κ2) is 9.07. The first-order valence-electron chi connectivity index (χ1n) is 9.16. The van der Waals surface area contributed by atoms with Crippen molar-refractivity contribution >= 4 is 0 Å². The number of hydrogen-bond acceptors (Lipinski definition) is 1. The molecule has 1 aliphatic carbocycles. The van der Waals surface area contributed by atoms with Crippen LogP contribution in [0.5, 0.6) is 0 Å². The van der Waals surface area contributed by atoms with E-state index in [1.807, 2.05) is 0 Å². The minimum absolute atomic E-state index is 0.514. The number of nitrogens with one attached hydrogen (secondary N) is 1. The summed E-state index contributed by atoms with van der Waals surface area (Å²) in [6, 6.07) is 0.776. The van der Waals surface area contributed by atoms with E-state index in [1.54, 1.807) is 0 Å². The van der Waals surface area contributed by atoms with E-state index in [0.29, 0.717) is 5.41 Å². The van der Waals surface area contributed by atoms with Crippen LogP contribution in [0.25, 0.3) is 0 Å². The van der Waals surface area contributed by atoms with Crippen molar-refractivity contribution < 1.29 is 0 Å². The van der Waals surface area contributed by atoms with Gasteiger partial charge in [0.05, 0.1) is 0 Å². The number of unbranched alkanes of at least 4 members (excludes halogenated alkanes) is 4. The predicted molar refractivity (Wildman–Crippen MR) is 91.1 cm³/mol. The van der Waals surface area contributed by atoms with Gasteiger partial charge in [0.25, 0.3) is 0 Å². The first kappa shape index (κ1) is 18.0. The molecule has 1 heteroatoms. The zero-order valence-electron chi connectivity index (χ0n) is 14.8. The standard InChI is InChI=1S/C19H39N/c1-6-7-8-9-10-11-18(20-5)16-12-14-17(15-13-16)19(2,3)4/h16-18,20H,6-15H2,1-5H3. The number of hydrogen-bond donors (Lipinski definition) is 1. The van der Waals surface area contributed by atoms with E-state index >= 15 is 0 Å². The van der Waals surface area contributed by atoms with Gasteiger partial charge in [-0.15, -0.1) is 0 Å². The van der Waals surface area contributed by atoms with E-state index in [9.17, 15) is 0 Å². The summed E-state index contributed by atoms with van der Waals surface area (Å²) >= 11 is 0. The lowest BCUT2D eigenvalue weighted by atomic mass is 9.68. The van der Waals surface area contributed by atoms with Crippen LogP contribution in [0.2, 0.25) is 0 Å². The molecule has 1 saturated carbocycles. The molecule has 0 aromatic rings. The Hall–Kier alpha value is -0.0400. The summed E-state index contributed by atoms with van der Waals surface area (Å²) in [6.45, 7) is 9.55. The van der Waals surface area contributed by atoms with Gasteiger partial charge < -0.3 is 5.32 Å². The van der Waals surface area contributed by atoms with Crippen molar-refractivity contribution in [2.24, 2.45) is 17.3 Å². The Kier molecular flexibility index (Phi) is 8.17. The van der Waals surface area contributed by atoms with Crippen LogP contribution in [0.15, 0.2) is 0 Å². The van der Waals surface area contributed by atoms with Gasteiger partial charge in [0, 0.05) is 6.04 Å². The number of rotatable bonds is 8. The van der Waals surface area contributed by atoms with E-state index < -0.39 is 0 Å². The third-order valence-corrected chi connectivity index (χ3v) is 5.56. The average molecular weight is 282 g/mol. The van der Waals surface area contributed by atoms with E-state index in [0.717, 1.165) is 17.9 Å². The van der Waals surface area contributed by atoms with Crippen LogP contribution >= 0.6 is 0 Å². The summed E-state index contributed by atoms with van der Waals surface area (Å²) in [7, 11) is 2.17. The summed E-state index contributed by atoms with van der Waals surface area (Å²) in [5.41, 5.74) is 0.514. The molecule has 0 aromatic heterocycles. The van der Waals surface area contributed by atoms with E-state index in [4.69, 9.17) is 0 Å². The lowest BCUT2D eigenvalue weighted by Gasteiger charge is -2.39. The van der Waals surface area contributed by atoms with Crippen LogP contribution in [0.1, 0.15) is 91.9 Å². The van der Waals surface area contributed by atoms with E-state index in [-0.39, 0.29) is 0 Å². The monoisotopic (exact) mass is 281 g/mol. The van der Waals surface area contributed by atoms with Gasteiger partial charge in [-0.05, 0) is 56.4 Å². The Morgan fingerprint density at radius 3 is 2.05 bits per heavy atom. The lowest BCUT2D eigenvalue weighted by molar-refractivity contribution is 0.131. The molecule has 1 nitrogen and oxygen atoms in total. The molecule has 0 amide bonds. The van der Waals surface area contributed by atoms with Gasteiger partial charge in [-0.1, -0.05) is 59.8 Å². The topological polar surface area (TPSA) is 12.0 Å². The first-order valence-corrected chi connectivity index (χ1v) is 9.16. The summed E-state index contributed by atoms with van der Waals surface area (Å²) < 4.78 is 0. The molecule has 0 bridgehead atoms. The quantitative estimate of drug-likeness (QED) is 0.555. The SMILES string of the molecule is CCCCCCCC(NC)C1CCC(C(C)(C)C)CC1. The molecule has 0 heterocycles. The van der Waals surface area contributed by atoms with Gasteiger partial charge >= 0.3 is 0 Å². The Bertz CT molecular complexity index is 233. The molecule has 0 saturated heterocycles. The normalized spacial score (nSPS) is 25.6. The molecule has 20 heavy (non-hydrogen) atoms. The highest BCUT2D eigenvalue weighted by Gasteiger charge is 2.32. The van der Waals surface area contributed by atoms with Crippen LogP contribution in [-0.2, 0) is 0 Å². The largest absolute Gasteiger partial charge is 0.317 e. The zero-order chi connectivity index (χ0) is 15.0. The molecule has 1 unspecified atom stereocenters. The lowest BCUT2D eigenvalue weighted by Crippen LogP contribution is -2.37. The van der Waals surface area contributed by atoms with Crippen molar-refractivity contribution in [1.82, 2.24) is 5.32 Å². The maximum atomic E-state index is 3.62. The molecule has 0 aliphatic heterocycles. The molecule has 1 aliphatic rings. The maximum absolute atomic E-state index is 3.62. The van der Waals surface area contributed by atoms with Gasteiger partial charge in [-0.3, -0.25) is 0 Å². The predicted octanol–water partition coefficient (Wildman–Crippen LogP) is 5.79. The second-order valence-electron chi connectivity index (χ2n) is 8.08. The highest BCUT2D eigenvalue weighted by atomic mass is 14.9. The molecular formula is C19H39N. The third kappa shape index (κ3) is 6.16.